The number of nitrogens with zero attached hydrogens (tertiary/aromatic N) is 4. The third kappa shape index (κ3) is 3.82. The summed E-state index contributed by atoms with van der Waals surface area (Å²) in [7, 11) is 0. The molecule has 1 N–H and O–H groups in total. The molecule has 28 heavy (non-hydrogen) atoms. The monoisotopic (exact) mass is 367 g/mol. The van der Waals surface area contributed by atoms with Crippen LogP contribution in [0.2, 0.25) is 0 Å². The van der Waals surface area contributed by atoms with Gasteiger partial charge in [0, 0.05) is 17.5 Å². The van der Waals surface area contributed by atoms with Crippen molar-refractivity contribution in [2.24, 2.45) is 5.10 Å². The number of carbonyl (C=O) groups excluding carboxylic acids is 1. The third-order valence-electron chi connectivity index (χ3n) is 4.26. The molecule has 0 fully saturated rings. The first-order valence-corrected chi connectivity index (χ1v) is 8.71. The molecular formula is C22H17N5O. The summed E-state index contributed by atoms with van der Waals surface area (Å²) in [5.41, 5.74) is 4.33. The van der Waals surface area contributed by atoms with E-state index < -0.39 is 0 Å². The summed E-state index contributed by atoms with van der Waals surface area (Å²) >= 11 is 0. The van der Waals surface area contributed by atoms with Crippen molar-refractivity contribution in [1.29, 1.82) is 10.5 Å². The van der Waals surface area contributed by atoms with Crippen LogP contribution in [0.15, 0.2) is 71.8 Å². The lowest BCUT2D eigenvalue weighted by atomic mass is 10.1. The van der Waals surface area contributed by atoms with Crippen molar-refractivity contribution in [3.63, 3.8) is 0 Å². The van der Waals surface area contributed by atoms with Gasteiger partial charge in [-0.15, -0.1) is 0 Å². The predicted molar refractivity (Wildman–Crippen MR) is 110 cm³/mol. The zero-order valence-electron chi connectivity index (χ0n) is 15.3. The van der Waals surface area contributed by atoms with E-state index in [9.17, 15) is 4.79 Å². The topological polar surface area (TPSA) is 92.3 Å². The van der Waals surface area contributed by atoms with E-state index in [0.29, 0.717) is 17.8 Å². The molecule has 0 bridgehead atoms. The molecule has 0 aliphatic carbocycles. The number of hydrogen-bond donors (Lipinski definition) is 1. The van der Waals surface area contributed by atoms with E-state index in [1.807, 2.05) is 49.4 Å². The van der Waals surface area contributed by atoms with E-state index in [1.54, 1.807) is 41.3 Å². The van der Waals surface area contributed by atoms with Crippen LogP contribution in [-0.4, -0.2) is 18.2 Å². The second-order valence-corrected chi connectivity index (χ2v) is 5.92. The second-order valence-electron chi connectivity index (χ2n) is 5.92. The van der Waals surface area contributed by atoms with Crippen LogP contribution < -0.4 is 10.3 Å². The quantitative estimate of drug-likeness (QED) is 0.537. The summed E-state index contributed by atoms with van der Waals surface area (Å²) in [5.74, 6) is -0.108. The van der Waals surface area contributed by atoms with Gasteiger partial charge in [0.2, 0.25) is 5.71 Å². The van der Waals surface area contributed by atoms with Gasteiger partial charge in [-0.1, -0.05) is 36.4 Å². The number of fused-ring (bicyclic) bond motifs is 1. The lowest BCUT2D eigenvalue weighted by Crippen LogP contribution is -2.30. The average Bonchev–Trinajstić information content (AvgIpc) is 2.75. The van der Waals surface area contributed by atoms with Gasteiger partial charge in [-0.3, -0.25) is 10.2 Å². The highest BCUT2D eigenvalue weighted by atomic mass is 16.2. The number of nitrogens with one attached hydrogen (secondary N) is 1. The molecule has 0 heterocycles. The van der Waals surface area contributed by atoms with Gasteiger partial charge >= 0.3 is 0 Å². The molecule has 0 radical (unpaired) electrons. The van der Waals surface area contributed by atoms with Gasteiger partial charge in [0.05, 0.1) is 11.4 Å². The van der Waals surface area contributed by atoms with Gasteiger partial charge in [-0.25, -0.2) is 0 Å². The Morgan fingerprint density at radius 1 is 1.00 bits per heavy atom. The molecule has 0 aromatic heterocycles. The van der Waals surface area contributed by atoms with Crippen LogP contribution in [-0.2, 0) is 0 Å². The van der Waals surface area contributed by atoms with E-state index in [2.05, 4.69) is 10.5 Å². The maximum absolute atomic E-state index is 13.1. The van der Waals surface area contributed by atoms with Gasteiger partial charge in [0.1, 0.15) is 12.1 Å². The van der Waals surface area contributed by atoms with Crippen molar-refractivity contribution in [2.45, 2.75) is 6.92 Å². The van der Waals surface area contributed by atoms with Crippen molar-refractivity contribution in [2.75, 3.05) is 16.9 Å². The predicted octanol–water partition coefficient (Wildman–Crippen LogP) is 4.32. The van der Waals surface area contributed by atoms with Crippen LogP contribution in [0.25, 0.3) is 10.8 Å². The minimum absolute atomic E-state index is 0.108. The first-order valence-electron chi connectivity index (χ1n) is 8.71. The van der Waals surface area contributed by atoms with Gasteiger partial charge < -0.3 is 4.90 Å². The number of nitriles is 2. The van der Waals surface area contributed by atoms with E-state index in [1.165, 1.54) is 0 Å². The largest absolute Gasteiger partial charge is 0.308 e. The summed E-state index contributed by atoms with van der Waals surface area (Å²) in [5, 5.41) is 23.2. The zero-order chi connectivity index (χ0) is 19.9. The standard InChI is InChI=1S/C22H17N5O/c1-2-27(21-9-5-7-16-6-3-4-8-20(16)21)22(28)17-10-12-18(13-11-17)25-26-19(14-23)15-24/h3-13,25H,2H2,1H3. The number of anilines is 2. The first-order chi connectivity index (χ1) is 13.7. The first kappa shape index (κ1) is 18.6. The van der Waals surface area contributed by atoms with Crippen molar-refractivity contribution < 1.29 is 4.79 Å². The Labute approximate surface area is 162 Å². The Morgan fingerprint density at radius 2 is 1.68 bits per heavy atom. The summed E-state index contributed by atoms with van der Waals surface area (Å²) in [6, 6.07) is 24.0. The van der Waals surface area contributed by atoms with Gasteiger partial charge in [0.25, 0.3) is 5.91 Å². The fourth-order valence-electron chi connectivity index (χ4n) is 2.91. The summed E-state index contributed by atoms with van der Waals surface area (Å²) < 4.78 is 0. The number of benzene rings is 3. The molecular weight excluding hydrogens is 350 g/mol. The molecule has 3 rings (SSSR count). The molecule has 6 nitrogen and oxygen atoms in total. The van der Waals surface area contributed by atoms with Crippen molar-refractivity contribution >= 4 is 33.8 Å². The van der Waals surface area contributed by atoms with E-state index in [-0.39, 0.29) is 11.6 Å². The minimum atomic E-state index is -0.270. The van der Waals surface area contributed by atoms with E-state index >= 15 is 0 Å². The van der Waals surface area contributed by atoms with Crippen LogP contribution in [0.3, 0.4) is 0 Å². The molecule has 0 unspecified atom stereocenters. The number of rotatable bonds is 5. The van der Waals surface area contributed by atoms with Gasteiger partial charge in [-0.2, -0.15) is 15.6 Å². The Morgan fingerprint density at radius 3 is 2.36 bits per heavy atom. The molecule has 0 aliphatic heterocycles. The molecule has 136 valence electrons. The lowest BCUT2D eigenvalue weighted by molar-refractivity contribution is 0.0988. The third-order valence-corrected chi connectivity index (χ3v) is 4.26. The molecule has 1 amide bonds. The fraction of sp³-hybridized carbons (Fsp3) is 0.0909. The lowest BCUT2D eigenvalue weighted by Gasteiger charge is -2.23. The molecule has 0 aliphatic rings. The molecule has 0 spiro atoms. The van der Waals surface area contributed by atoms with Crippen LogP contribution in [0.5, 0.6) is 0 Å². The van der Waals surface area contributed by atoms with Crippen LogP contribution in [0.1, 0.15) is 17.3 Å². The molecule has 0 saturated carbocycles. The van der Waals surface area contributed by atoms with E-state index in [4.69, 9.17) is 10.5 Å². The highest BCUT2D eigenvalue weighted by molar-refractivity contribution is 6.11. The SMILES string of the molecule is CCN(C(=O)c1ccc(NN=C(C#N)C#N)cc1)c1cccc2ccccc12. The van der Waals surface area contributed by atoms with Crippen molar-refractivity contribution in [1.82, 2.24) is 0 Å². The summed E-state index contributed by atoms with van der Waals surface area (Å²) in [6.45, 7) is 2.47. The van der Waals surface area contributed by atoms with Crippen LogP contribution in [0, 0.1) is 22.7 Å². The van der Waals surface area contributed by atoms with Gasteiger partial charge in [-0.05, 0) is 42.6 Å². The van der Waals surface area contributed by atoms with E-state index in [0.717, 1.165) is 16.5 Å². The Kier molecular flexibility index (Phi) is 5.64. The molecule has 3 aromatic carbocycles. The number of hydrogen-bond acceptors (Lipinski definition) is 5. The Balaban J connectivity index is 1.87. The Bertz CT molecular complexity index is 1100. The fourth-order valence-corrected chi connectivity index (χ4v) is 2.91. The Hall–Kier alpha value is -4.16. The molecule has 0 saturated heterocycles. The van der Waals surface area contributed by atoms with Crippen LogP contribution >= 0.6 is 0 Å². The smallest absolute Gasteiger partial charge is 0.258 e. The van der Waals surface area contributed by atoms with Crippen LogP contribution in [0.4, 0.5) is 11.4 Å². The number of hydrazone groups is 1. The zero-order valence-corrected chi connectivity index (χ0v) is 15.3. The summed E-state index contributed by atoms with van der Waals surface area (Å²) in [4.78, 5) is 14.8. The molecule has 6 heteroatoms. The molecule has 0 atom stereocenters. The number of amides is 1. The highest BCUT2D eigenvalue weighted by Gasteiger charge is 2.18. The van der Waals surface area contributed by atoms with Crippen molar-refractivity contribution in [3.05, 3.63) is 72.3 Å². The van der Waals surface area contributed by atoms with Crippen molar-refractivity contribution in [3.8, 4) is 12.1 Å². The maximum Gasteiger partial charge on any atom is 0.258 e. The average molecular weight is 367 g/mol. The van der Waals surface area contributed by atoms with Gasteiger partial charge in [0.15, 0.2) is 0 Å². The maximum atomic E-state index is 13.1. The molecule has 3 aromatic rings. The summed E-state index contributed by atoms with van der Waals surface area (Å²) in [6.07, 6.45) is 0. The highest BCUT2D eigenvalue weighted by Crippen LogP contribution is 2.28. The minimum Gasteiger partial charge on any atom is -0.308 e. The normalized spacial score (nSPS) is 9.82. The number of carbonyl (C=O) groups is 1. The second kappa shape index (κ2) is 8.48.